The summed E-state index contributed by atoms with van der Waals surface area (Å²) in [6.45, 7) is 1.86. The third kappa shape index (κ3) is 2.63. The highest BCUT2D eigenvalue weighted by atomic mass is 32.2. The van der Waals surface area contributed by atoms with Crippen molar-refractivity contribution >= 4 is 34.7 Å². The largest absolute Gasteiger partial charge is 0.508 e. The number of imide groups is 1. The molecule has 0 unspecified atom stereocenters. The number of aromatic hydroxyl groups is 1. The van der Waals surface area contributed by atoms with E-state index in [4.69, 9.17) is 0 Å². The van der Waals surface area contributed by atoms with Crippen LogP contribution in [0.1, 0.15) is 11.1 Å². The van der Waals surface area contributed by atoms with Crippen molar-refractivity contribution < 1.29 is 14.7 Å². The molecule has 1 fully saturated rings. The average molecular weight is 311 g/mol. The summed E-state index contributed by atoms with van der Waals surface area (Å²) < 4.78 is 0. The highest BCUT2D eigenvalue weighted by molar-refractivity contribution is 8.19. The van der Waals surface area contributed by atoms with Gasteiger partial charge in [0.15, 0.2) is 0 Å². The Hall–Kier alpha value is -2.53. The molecule has 0 bridgehead atoms. The van der Waals surface area contributed by atoms with Crippen LogP contribution in [0, 0.1) is 6.92 Å². The molecule has 110 valence electrons. The number of hydrogen-bond acceptors (Lipinski definition) is 4. The van der Waals surface area contributed by atoms with Gasteiger partial charge in [-0.15, -0.1) is 0 Å². The Morgan fingerprint density at radius 3 is 2.41 bits per heavy atom. The zero-order valence-corrected chi connectivity index (χ0v) is 12.6. The fourth-order valence-corrected chi connectivity index (χ4v) is 3.05. The number of phenolic OH excluding ortho intramolecular Hbond substituents is 1. The van der Waals surface area contributed by atoms with Crippen molar-refractivity contribution in [1.82, 2.24) is 0 Å². The zero-order chi connectivity index (χ0) is 15.7. The van der Waals surface area contributed by atoms with Crippen LogP contribution in [0.25, 0.3) is 6.08 Å². The van der Waals surface area contributed by atoms with Gasteiger partial charge >= 0.3 is 0 Å². The summed E-state index contributed by atoms with van der Waals surface area (Å²) in [5, 5.41) is 8.98. The number of para-hydroxylation sites is 1. The minimum atomic E-state index is -0.322. The van der Waals surface area contributed by atoms with E-state index in [2.05, 4.69) is 0 Å². The summed E-state index contributed by atoms with van der Waals surface area (Å²) in [5.74, 6) is -0.164. The first kappa shape index (κ1) is 14.4. The maximum Gasteiger partial charge on any atom is 0.298 e. The first-order chi connectivity index (χ1) is 10.6. The molecule has 0 atom stereocenters. The first-order valence-electron chi connectivity index (χ1n) is 6.69. The molecule has 22 heavy (non-hydrogen) atoms. The topological polar surface area (TPSA) is 57.6 Å². The lowest BCUT2D eigenvalue weighted by Gasteiger charge is -2.14. The van der Waals surface area contributed by atoms with Crippen molar-refractivity contribution in [2.24, 2.45) is 0 Å². The van der Waals surface area contributed by atoms with Gasteiger partial charge in [-0.25, -0.2) is 4.90 Å². The van der Waals surface area contributed by atoms with Crippen LogP contribution in [0.3, 0.4) is 0 Å². The number of carbonyl (C=O) groups is 2. The Labute approximate surface area is 132 Å². The summed E-state index contributed by atoms with van der Waals surface area (Å²) in [4.78, 5) is 26.3. The Bertz CT molecular complexity index is 781. The van der Waals surface area contributed by atoms with Crippen molar-refractivity contribution in [3.8, 4) is 5.75 Å². The van der Waals surface area contributed by atoms with E-state index in [1.54, 1.807) is 30.3 Å². The molecule has 1 saturated heterocycles. The predicted octanol–water partition coefficient (Wildman–Crippen LogP) is 3.94. The van der Waals surface area contributed by atoms with E-state index in [0.717, 1.165) is 22.9 Å². The highest BCUT2D eigenvalue weighted by Gasteiger charge is 2.36. The van der Waals surface area contributed by atoms with Crippen molar-refractivity contribution in [2.75, 3.05) is 4.90 Å². The average Bonchev–Trinajstić information content (AvgIpc) is 2.77. The monoisotopic (exact) mass is 311 g/mol. The lowest BCUT2D eigenvalue weighted by atomic mass is 10.1. The molecule has 0 aromatic heterocycles. The molecule has 2 aromatic rings. The predicted molar refractivity (Wildman–Crippen MR) is 87.7 cm³/mol. The van der Waals surface area contributed by atoms with Crippen LogP contribution in [0.4, 0.5) is 10.5 Å². The Morgan fingerprint density at radius 2 is 1.73 bits per heavy atom. The van der Waals surface area contributed by atoms with Crippen LogP contribution in [-0.2, 0) is 4.79 Å². The van der Waals surface area contributed by atoms with Crippen LogP contribution in [0.2, 0.25) is 0 Å². The fourth-order valence-electron chi connectivity index (χ4n) is 2.21. The lowest BCUT2D eigenvalue weighted by molar-refractivity contribution is -0.113. The maximum absolute atomic E-state index is 12.5. The van der Waals surface area contributed by atoms with Gasteiger partial charge in [0.25, 0.3) is 11.1 Å². The number of benzene rings is 2. The zero-order valence-electron chi connectivity index (χ0n) is 11.8. The molecule has 2 aromatic carbocycles. The number of nitrogens with zero attached hydrogens (tertiary/aromatic N) is 1. The number of phenols is 1. The molecule has 0 spiro atoms. The molecular weight excluding hydrogens is 298 g/mol. The molecule has 2 amide bonds. The fraction of sp³-hybridized carbons (Fsp3) is 0.0588. The number of carbonyl (C=O) groups excluding carboxylic acids is 2. The van der Waals surface area contributed by atoms with Crippen LogP contribution < -0.4 is 4.90 Å². The van der Waals surface area contributed by atoms with Crippen LogP contribution in [0.15, 0.2) is 53.4 Å². The second-order valence-electron chi connectivity index (χ2n) is 4.90. The van der Waals surface area contributed by atoms with Gasteiger partial charge in [-0.2, -0.15) is 0 Å². The number of rotatable bonds is 2. The molecule has 1 N–H and O–H groups in total. The quantitative estimate of drug-likeness (QED) is 0.853. The van der Waals surface area contributed by atoms with Crippen molar-refractivity contribution in [3.63, 3.8) is 0 Å². The molecule has 1 aliphatic heterocycles. The molecule has 1 aliphatic rings. The van der Waals surface area contributed by atoms with Gasteiger partial charge < -0.3 is 5.11 Å². The minimum absolute atomic E-state index is 0.158. The second kappa shape index (κ2) is 5.69. The van der Waals surface area contributed by atoms with Gasteiger partial charge in [0.2, 0.25) is 0 Å². The molecule has 0 radical (unpaired) electrons. The molecular formula is C17H13NO3S. The van der Waals surface area contributed by atoms with Crippen molar-refractivity contribution in [1.29, 1.82) is 0 Å². The number of hydrogen-bond donors (Lipinski definition) is 1. The summed E-state index contributed by atoms with van der Waals surface area (Å²) in [6, 6.07) is 13.7. The van der Waals surface area contributed by atoms with Gasteiger partial charge in [0.05, 0.1) is 10.6 Å². The summed E-state index contributed by atoms with van der Waals surface area (Å²) in [7, 11) is 0. The van der Waals surface area contributed by atoms with Crippen molar-refractivity contribution in [2.45, 2.75) is 6.92 Å². The molecule has 4 nitrogen and oxygen atoms in total. The molecule has 1 heterocycles. The third-order valence-electron chi connectivity index (χ3n) is 3.34. The van der Waals surface area contributed by atoms with Crippen LogP contribution in [0.5, 0.6) is 5.75 Å². The number of thioether (sulfide) groups is 1. The third-order valence-corrected chi connectivity index (χ3v) is 4.21. The Kier molecular flexibility index (Phi) is 3.73. The van der Waals surface area contributed by atoms with Gasteiger partial charge in [-0.05, 0) is 54.1 Å². The number of aryl methyl sites for hydroxylation is 1. The minimum Gasteiger partial charge on any atom is -0.508 e. The standard InChI is InChI=1S/C17H13NO3S/c1-11-4-2-3-5-14(11)18-16(20)15(22-17(18)21)10-12-6-8-13(19)9-7-12/h2-10,19H,1H3. The van der Waals surface area contributed by atoms with E-state index in [-0.39, 0.29) is 16.9 Å². The molecule has 0 saturated carbocycles. The van der Waals surface area contributed by atoms with E-state index in [1.165, 1.54) is 17.0 Å². The SMILES string of the molecule is Cc1ccccc1N1C(=O)SC(=Cc2ccc(O)cc2)C1=O. The van der Waals surface area contributed by atoms with Gasteiger partial charge in [-0.3, -0.25) is 9.59 Å². The van der Waals surface area contributed by atoms with Gasteiger partial charge in [0, 0.05) is 0 Å². The summed E-state index contributed by atoms with van der Waals surface area (Å²) >= 11 is 0.920. The van der Waals surface area contributed by atoms with E-state index in [1.807, 2.05) is 19.1 Å². The Balaban J connectivity index is 1.95. The van der Waals surface area contributed by atoms with E-state index in [9.17, 15) is 14.7 Å². The van der Waals surface area contributed by atoms with Gasteiger partial charge in [0.1, 0.15) is 5.75 Å². The second-order valence-corrected chi connectivity index (χ2v) is 5.89. The summed E-state index contributed by atoms with van der Waals surface area (Å²) in [5.41, 5.74) is 2.24. The van der Waals surface area contributed by atoms with Crippen molar-refractivity contribution in [3.05, 3.63) is 64.6 Å². The maximum atomic E-state index is 12.5. The van der Waals surface area contributed by atoms with Crippen LogP contribution in [-0.4, -0.2) is 16.3 Å². The molecule has 3 rings (SSSR count). The number of amides is 2. The van der Waals surface area contributed by atoms with Gasteiger partial charge in [-0.1, -0.05) is 30.3 Å². The van der Waals surface area contributed by atoms with E-state index < -0.39 is 0 Å². The molecule has 0 aliphatic carbocycles. The lowest BCUT2D eigenvalue weighted by Crippen LogP contribution is -2.28. The van der Waals surface area contributed by atoms with Crippen LogP contribution >= 0.6 is 11.8 Å². The number of anilines is 1. The summed E-state index contributed by atoms with van der Waals surface area (Å²) in [6.07, 6.45) is 1.66. The molecule has 5 heteroatoms. The Morgan fingerprint density at radius 1 is 1.05 bits per heavy atom. The van der Waals surface area contributed by atoms with E-state index in [0.29, 0.717) is 10.6 Å². The first-order valence-corrected chi connectivity index (χ1v) is 7.50. The smallest absolute Gasteiger partial charge is 0.298 e. The highest BCUT2D eigenvalue weighted by Crippen LogP contribution is 2.36. The van der Waals surface area contributed by atoms with E-state index >= 15 is 0 Å². The normalized spacial score (nSPS) is 16.6.